The molecule has 1 N–H and O–H groups in total. The molecular formula is C20H16Cl2N2O3S2. The first-order chi connectivity index (χ1) is 13.9. The van der Waals surface area contributed by atoms with Crippen molar-refractivity contribution in [3.8, 4) is 0 Å². The molecule has 9 heteroatoms. The van der Waals surface area contributed by atoms with Crippen LogP contribution in [0.3, 0.4) is 0 Å². The highest BCUT2D eigenvalue weighted by Gasteiger charge is 2.40. The van der Waals surface area contributed by atoms with Gasteiger partial charge in [0.05, 0.1) is 10.7 Å². The third-order valence-electron chi connectivity index (χ3n) is 4.76. The minimum absolute atomic E-state index is 0.128. The first kappa shape index (κ1) is 20.4. The van der Waals surface area contributed by atoms with Gasteiger partial charge in [-0.15, -0.1) is 11.3 Å². The second kappa shape index (κ2) is 8.08. The Hall–Kier alpha value is -1.90. The summed E-state index contributed by atoms with van der Waals surface area (Å²) in [6.45, 7) is 0.128. The van der Waals surface area contributed by atoms with Crippen molar-refractivity contribution in [1.29, 1.82) is 0 Å². The van der Waals surface area contributed by atoms with Crippen molar-refractivity contribution >= 4 is 56.2 Å². The first-order valence-electron chi connectivity index (χ1n) is 8.74. The molecule has 2 aromatic carbocycles. The zero-order chi connectivity index (χ0) is 20.6. The molecule has 0 saturated heterocycles. The maximum atomic E-state index is 13.2. The topological polar surface area (TPSA) is 66.5 Å². The quantitative estimate of drug-likeness (QED) is 0.599. The normalized spacial score (nSPS) is 17.0. The summed E-state index contributed by atoms with van der Waals surface area (Å²) in [6, 6.07) is 14.6. The van der Waals surface area contributed by atoms with E-state index in [0.29, 0.717) is 10.7 Å². The fourth-order valence-corrected chi connectivity index (χ4v) is 6.45. The maximum Gasteiger partial charge on any atom is 0.253 e. The number of benzene rings is 2. The molecule has 0 bridgehead atoms. The summed E-state index contributed by atoms with van der Waals surface area (Å²) >= 11 is 13.2. The first-order valence-corrected chi connectivity index (χ1v) is 11.8. The number of fused-ring (bicyclic) bond motifs is 1. The Labute approximate surface area is 182 Å². The van der Waals surface area contributed by atoms with Gasteiger partial charge in [0, 0.05) is 11.6 Å². The molecule has 0 radical (unpaired) electrons. The third kappa shape index (κ3) is 4.06. The van der Waals surface area contributed by atoms with Gasteiger partial charge in [0.25, 0.3) is 10.0 Å². The summed E-state index contributed by atoms with van der Waals surface area (Å²) in [5, 5.41) is 5.19. The van der Waals surface area contributed by atoms with Crippen LogP contribution in [0.2, 0.25) is 10.0 Å². The van der Waals surface area contributed by atoms with Gasteiger partial charge >= 0.3 is 0 Å². The molecular weight excluding hydrogens is 451 g/mol. The van der Waals surface area contributed by atoms with Crippen molar-refractivity contribution in [2.24, 2.45) is 0 Å². The number of rotatable bonds is 4. The molecule has 1 amide bonds. The van der Waals surface area contributed by atoms with Gasteiger partial charge < -0.3 is 5.32 Å². The SMILES string of the molecule is O=C(Nc1ccc(Cl)cc1Cl)C1Cc2ccccc2CN1S(=O)(=O)c1cccs1. The number of sulfonamides is 1. The molecule has 0 aliphatic carbocycles. The molecule has 29 heavy (non-hydrogen) atoms. The summed E-state index contributed by atoms with van der Waals surface area (Å²) in [6.07, 6.45) is 0.276. The molecule has 1 aromatic heterocycles. The number of nitrogens with one attached hydrogen (secondary N) is 1. The summed E-state index contributed by atoms with van der Waals surface area (Å²) in [7, 11) is -3.83. The molecule has 1 aliphatic heterocycles. The van der Waals surface area contributed by atoms with Crippen LogP contribution in [0.25, 0.3) is 0 Å². The van der Waals surface area contributed by atoms with Crippen molar-refractivity contribution in [3.63, 3.8) is 0 Å². The molecule has 5 nitrogen and oxygen atoms in total. The van der Waals surface area contributed by atoms with Crippen LogP contribution in [0, 0.1) is 0 Å². The number of nitrogens with zero attached hydrogens (tertiary/aromatic N) is 1. The van der Waals surface area contributed by atoms with E-state index < -0.39 is 22.0 Å². The average Bonchev–Trinajstić information content (AvgIpc) is 3.25. The van der Waals surface area contributed by atoms with Crippen LogP contribution in [0.4, 0.5) is 5.69 Å². The number of hydrogen-bond acceptors (Lipinski definition) is 4. The summed E-state index contributed by atoms with van der Waals surface area (Å²) in [5.41, 5.74) is 2.22. The van der Waals surface area contributed by atoms with Gasteiger partial charge in [-0.25, -0.2) is 8.42 Å². The molecule has 150 valence electrons. The van der Waals surface area contributed by atoms with Crippen molar-refractivity contribution in [1.82, 2.24) is 4.31 Å². The Morgan fingerprint density at radius 1 is 1.07 bits per heavy atom. The minimum Gasteiger partial charge on any atom is -0.323 e. The zero-order valence-corrected chi connectivity index (χ0v) is 18.2. The second-order valence-electron chi connectivity index (χ2n) is 6.58. The van der Waals surface area contributed by atoms with E-state index in [0.717, 1.165) is 22.5 Å². The van der Waals surface area contributed by atoms with Gasteiger partial charge in [-0.3, -0.25) is 4.79 Å². The maximum absolute atomic E-state index is 13.2. The van der Waals surface area contributed by atoms with Crippen LogP contribution < -0.4 is 5.32 Å². The van der Waals surface area contributed by atoms with E-state index in [2.05, 4.69) is 5.32 Å². The number of carbonyl (C=O) groups is 1. The number of halogens is 2. The molecule has 2 heterocycles. The van der Waals surface area contributed by atoms with E-state index in [1.165, 1.54) is 10.4 Å². The molecule has 0 fully saturated rings. The van der Waals surface area contributed by atoms with E-state index in [9.17, 15) is 13.2 Å². The lowest BCUT2D eigenvalue weighted by atomic mass is 9.95. The highest BCUT2D eigenvalue weighted by molar-refractivity contribution is 7.91. The van der Waals surface area contributed by atoms with E-state index in [1.54, 1.807) is 29.6 Å². The molecule has 4 rings (SSSR count). The molecule has 1 aliphatic rings. The standard InChI is InChI=1S/C20H16Cl2N2O3S2/c21-15-7-8-17(16(22)11-15)23-20(25)18-10-13-4-1-2-5-14(13)12-24(18)29(26,27)19-6-3-9-28-19/h1-9,11,18H,10,12H2,(H,23,25). The van der Waals surface area contributed by atoms with Crippen LogP contribution in [0.1, 0.15) is 11.1 Å². The van der Waals surface area contributed by atoms with E-state index in [-0.39, 0.29) is 22.2 Å². The van der Waals surface area contributed by atoms with E-state index in [4.69, 9.17) is 23.2 Å². The number of hydrogen-bond donors (Lipinski definition) is 1. The number of anilines is 1. The van der Waals surface area contributed by atoms with Crippen LogP contribution in [0.15, 0.2) is 64.2 Å². The molecule has 1 unspecified atom stereocenters. The predicted molar refractivity (Wildman–Crippen MR) is 116 cm³/mol. The lowest BCUT2D eigenvalue weighted by molar-refractivity contribution is -0.120. The summed E-state index contributed by atoms with van der Waals surface area (Å²) in [5.74, 6) is -0.441. The highest BCUT2D eigenvalue weighted by Crippen LogP contribution is 2.32. The fraction of sp³-hybridized carbons (Fsp3) is 0.150. The zero-order valence-electron chi connectivity index (χ0n) is 15.0. The molecule has 3 aromatic rings. The van der Waals surface area contributed by atoms with Gasteiger partial charge in [-0.05, 0) is 47.2 Å². The van der Waals surface area contributed by atoms with E-state index in [1.807, 2.05) is 24.3 Å². The average molecular weight is 467 g/mol. The molecule has 0 saturated carbocycles. The minimum atomic E-state index is -3.83. The fourth-order valence-electron chi connectivity index (χ4n) is 3.31. The smallest absolute Gasteiger partial charge is 0.253 e. The number of amides is 1. The number of thiophene rings is 1. The molecule has 1 atom stereocenters. The Morgan fingerprint density at radius 2 is 1.83 bits per heavy atom. The molecule has 0 spiro atoms. The van der Waals surface area contributed by atoms with Gasteiger partial charge in [-0.2, -0.15) is 4.31 Å². The highest BCUT2D eigenvalue weighted by atomic mass is 35.5. The van der Waals surface area contributed by atoms with Gasteiger partial charge in [0.1, 0.15) is 10.3 Å². The van der Waals surface area contributed by atoms with Gasteiger partial charge in [0.15, 0.2) is 0 Å². The lowest BCUT2D eigenvalue weighted by Crippen LogP contribution is -2.50. The van der Waals surface area contributed by atoms with Crippen molar-refractivity contribution < 1.29 is 13.2 Å². The predicted octanol–water partition coefficient (Wildman–Crippen LogP) is 4.81. The monoisotopic (exact) mass is 466 g/mol. The number of carbonyl (C=O) groups excluding carboxylic acids is 1. The van der Waals surface area contributed by atoms with Crippen LogP contribution >= 0.6 is 34.5 Å². The van der Waals surface area contributed by atoms with Crippen molar-refractivity contribution in [2.45, 2.75) is 23.2 Å². The largest absolute Gasteiger partial charge is 0.323 e. The van der Waals surface area contributed by atoms with Crippen LogP contribution in [-0.2, 0) is 27.8 Å². The Kier molecular flexibility index (Phi) is 5.68. The van der Waals surface area contributed by atoms with Crippen molar-refractivity contribution in [2.75, 3.05) is 5.32 Å². The summed E-state index contributed by atoms with van der Waals surface area (Å²) in [4.78, 5) is 13.1. The Balaban J connectivity index is 1.71. The Morgan fingerprint density at radius 3 is 2.52 bits per heavy atom. The van der Waals surface area contributed by atoms with Crippen LogP contribution in [-0.4, -0.2) is 24.7 Å². The second-order valence-corrected chi connectivity index (χ2v) is 10.5. The van der Waals surface area contributed by atoms with E-state index >= 15 is 0 Å². The van der Waals surface area contributed by atoms with Crippen LogP contribution in [0.5, 0.6) is 0 Å². The van der Waals surface area contributed by atoms with Gasteiger partial charge in [-0.1, -0.05) is 53.5 Å². The lowest BCUT2D eigenvalue weighted by Gasteiger charge is -2.34. The third-order valence-corrected chi connectivity index (χ3v) is 8.53. The van der Waals surface area contributed by atoms with Crippen molar-refractivity contribution in [3.05, 3.63) is 81.1 Å². The Bertz CT molecular complexity index is 1160. The van der Waals surface area contributed by atoms with Gasteiger partial charge in [0.2, 0.25) is 5.91 Å². The summed E-state index contributed by atoms with van der Waals surface area (Å²) < 4.78 is 28.0.